The number of benzene rings is 1. The maximum Gasteiger partial charge on any atom is 0.0551 e. The highest BCUT2D eigenvalue weighted by molar-refractivity contribution is 9.10. The normalized spacial score (nSPS) is 12.8. The van der Waals surface area contributed by atoms with Crippen LogP contribution in [0.3, 0.4) is 0 Å². The van der Waals surface area contributed by atoms with Crippen LogP contribution in [0, 0.1) is 0 Å². The second-order valence-corrected chi connectivity index (χ2v) is 5.18. The van der Waals surface area contributed by atoms with Gasteiger partial charge in [-0.2, -0.15) is 0 Å². The van der Waals surface area contributed by atoms with Gasteiger partial charge in [0, 0.05) is 11.0 Å². The van der Waals surface area contributed by atoms with Crippen LogP contribution in [0.25, 0.3) is 0 Å². The maximum absolute atomic E-state index is 9.09. The van der Waals surface area contributed by atoms with Crippen molar-refractivity contribution in [2.24, 2.45) is 0 Å². The molecule has 1 aromatic rings. The van der Waals surface area contributed by atoms with Gasteiger partial charge in [-0.15, -0.1) is 0 Å². The van der Waals surface area contributed by atoms with Crippen molar-refractivity contribution in [3.63, 3.8) is 0 Å². The van der Waals surface area contributed by atoms with E-state index in [0.29, 0.717) is 0 Å². The molecule has 0 bridgehead atoms. The Morgan fingerprint density at radius 1 is 1.50 bits per heavy atom. The van der Waals surface area contributed by atoms with E-state index in [2.05, 4.69) is 21.2 Å². The molecular weight excluding hydrogens is 289 g/mol. The van der Waals surface area contributed by atoms with E-state index in [1.165, 1.54) is 5.56 Å². The van der Waals surface area contributed by atoms with Gasteiger partial charge < -0.3 is 10.4 Å². The average Bonchev–Trinajstić information content (AvgIpc) is 2.22. The largest absolute Gasteiger partial charge is 0.393 e. The van der Waals surface area contributed by atoms with E-state index in [9.17, 15) is 0 Å². The zero-order valence-corrected chi connectivity index (χ0v) is 11.7. The summed E-state index contributed by atoms with van der Waals surface area (Å²) >= 11 is 9.35. The molecule has 0 saturated heterocycles. The van der Waals surface area contributed by atoms with E-state index in [-0.39, 0.29) is 6.10 Å². The molecule has 90 valence electrons. The Kier molecular flexibility index (Phi) is 6.36. The average molecular weight is 307 g/mol. The first kappa shape index (κ1) is 14.0. The molecule has 0 radical (unpaired) electrons. The standard InChI is InChI=1S/C12H17BrClNO/c1-9(16)3-2-6-15-8-10-4-5-11(13)12(14)7-10/h4-5,7,9,15-16H,2-3,6,8H2,1H3. The van der Waals surface area contributed by atoms with Crippen LogP contribution in [0.2, 0.25) is 5.02 Å². The number of hydrogen-bond donors (Lipinski definition) is 2. The quantitative estimate of drug-likeness (QED) is 0.790. The molecule has 0 aromatic heterocycles. The van der Waals surface area contributed by atoms with Gasteiger partial charge in [-0.05, 0) is 59.9 Å². The first-order valence-electron chi connectivity index (χ1n) is 5.42. The molecule has 0 saturated carbocycles. The number of hydrogen-bond acceptors (Lipinski definition) is 2. The number of aliphatic hydroxyl groups excluding tert-OH is 1. The van der Waals surface area contributed by atoms with Gasteiger partial charge in [0.15, 0.2) is 0 Å². The lowest BCUT2D eigenvalue weighted by Crippen LogP contribution is -2.16. The summed E-state index contributed by atoms with van der Waals surface area (Å²) in [5.41, 5.74) is 1.17. The van der Waals surface area contributed by atoms with Crippen molar-refractivity contribution < 1.29 is 5.11 Å². The van der Waals surface area contributed by atoms with Crippen LogP contribution in [0.4, 0.5) is 0 Å². The molecule has 0 aliphatic carbocycles. The molecule has 1 aromatic carbocycles. The molecule has 1 atom stereocenters. The van der Waals surface area contributed by atoms with Crippen molar-refractivity contribution in [2.75, 3.05) is 6.54 Å². The zero-order chi connectivity index (χ0) is 12.0. The van der Waals surface area contributed by atoms with Crippen LogP contribution < -0.4 is 5.32 Å². The molecule has 0 spiro atoms. The highest BCUT2D eigenvalue weighted by Gasteiger charge is 1.99. The van der Waals surface area contributed by atoms with E-state index in [1.54, 1.807) is 0 Å². The summed E-state index contributed by atoms with van der Waals surface area (Å²) in [4.78, 5) is 0. The molecule has 0 aliphatic heterocycles. The second-order valence-electron chi connectivity index (χ2n) is 3.92. The Morgan fingerprint density at radius 2 is 2.25 bits per heavy atom. The van der Waals surface area contributed by atoms with Crippen molar-refractivity contribution in [1.29, 1.82) is 0 Å². The molecular formula is C12H17BrClNO. The molecule has 4 heteroatoms. The lowest BCUT2D eigenvalue weighted by molar-refractivity contribution is 0.181. The molecule has 0 aliphatic rings. The Hall–Kier alpha value is -0.0900. The SMILES string of the molecule is CC(O)CCCNCc1ccc(Br)c(Cl)c1. The number of aliphatic hydroxyl groups is 1. The van der Waals surface area contributed by atoms with E-state index in [4.69, 9.17) is 16.7 Å². The van der Waals surface area contributed by atoms with Gasteiger partial charge in [0.25, 0.3) is 0 Å². The van der Waals surface area contributed by atoms with Crippen molar-refractivity contribution >= 4 is 27.5 Å². The fourth-order valence-corrected chi connectivity index (χ4v) is 1.85. The number of halogens is 2. The molecule has 0 heterocycles. The smallest absolute Gasteiger partial charge is 0.0551 e. The summed E-state index contributed by atoms with van der Waals surface area (Å²) in [5, 5.41) is 13.1. The van der Waals surface area contributed by atoms with Crippen molar-refractivity contribution in [2.45, 2.75) is 32.4 Å². The summed E-state index contributed by atoms with van der Waals surface area (Å²) in [7, 11) is 0. The van der Waals surface area contributed by atoms with Gasteiger partial charge in [0.1, 0.15) is 0 Å². The van der Waals surface area contributed by atoms with Crippen molar-refractivity contribution in [1.82, 2.24) is 5.32 Å². The van der Waals surface area contributed by atoms with E-state index in [1.807, 2.05) is 25.1 Å². The first-order chi connectivity index (χ1) is 7.59. The van der Waals surface area contributed by atoms with E-state index < -0.39 is 0 Å². The van der Waals surface area contributed by atoms with Crippen LogP contribution in [0.1, 0.15) is 25.3 Å². The predicted molar refractivity (Wildman–Crippen MR) is 71.8 cm³/mol. The highest BCUT2D eigenvalue weighted by atomic mass is 79.9. The minimum absolute atomic E-state index is 0.205. The van der Waals surface area contributed by atoms with Gasteiger partial charge in [-0.25, -0.2) is 0 Å². The van der Waals surface area contributed by atoms with Gasteiger partial charge in [0.2, 0.25) is 0 Å². The molecule has 2 N–H and O–H groups in total. The monoisotopic (exact) mass is 305 g/mol. The Labute approximate surface area is 110 Å². The van der Waals surface area contributed by atoms with E-state index in [0.717, 1.165) is 35.4 Å². The third kappa shape index (κ3) is 5.30. The molecule has 16 heavy (non-hydrogen) atoms. The van der Waals surface area contributed by atoms with Gasteiger partial charge in [0.05, 0.1) is 11.1 Å². The summed E-state index contributed by atoms with van der Waals surface area (Å²) in [5.74, 6) is 0. The van der Waals surface area contributed by atoms with Crippen LogP contribution in [-0.4, -0.2) is 17.8 Å². The third-order valence-corrected chi connectivity index (χ3v) is 3.52. The van der Waals surface area contributed by atoms with E-state index >= 15 is 0 Å². The topological polar surface area (TPSA) is 32.3 Å². The van der Waals surface area contributed by atoms with Crippen LogP contribution >= 0.6 is 27.5 Å². The lowest BCUT2D eigenvalue weighted by atomic mass is 10.2. The Bertz CT molecular complexity index is 331. The summed E-state index contributed by atoms with van der Waals surface area (Å²) in [6.07, 6.45) is 1.62. The fourth-order valence-electron chi connectivity index (χ4n) is 1.40. The predicted octanol–water partition coefficient (Wildman–Crippen LogP) is 3.35. The molecule has 1 rings (SSSR count). The number of nitrogens with one attached hydrogen (secondary N) is 1. The molecule has 2 nitrogen and oxygen atoms in total. The molecule has 1 unspecified atom stereocenters. The second kappa shape index (κ2) is 7.28. The summed E-state index contributed by atoms with van der Waals surface area (Å²) < 4.78 is 0.923. The molecule has 0 amide bonds. The minimum Gasteiger partial charge on any atom is -0.393 e. The van der Waals surface area contributed by atoms with Crippen molar-refractivity contribution in [3.05, 3.63) is 33.3 Å². The first-order valence-corrected chi connectivity index (χ1v) is 6.59. The summed E-state index contributed by atoms with van der Waals surface area (Å²) in [6, 6.07) is 5.94. The highest BCUT2D eigenvalue weighted by Crippen LogP contribution is 2.22. The minimum atomic E-state index is -0.205. The fraction of sp³-hybridized carbons (Fsp3) is 0.500. The van der Waals surface area contributed by atoms with Crippen LogP contribution in [0.15, 0.2) is 22.7 Å². The lowest BCUT2D eigenvalue weighted by Gasteiger charge is -2.07. The summed E-state index contributed by atoms with van der Waals surface area (Å²) in [6.45, 7) is 3.54. The van der Waals surface area contributed by atoms with Crippen LogP contribution in [0.5, 0.6) is 0 Å². The Balaban J connectivity index is 2.24. The molecule has 0 fully saturated rings. The van der Waals surface area contributed by atoms with Crippen LogP contribution in [-0.2, 0) is 6.54 Å². The third-order valence-electron chi connectivity index (χ3n) is 2.29. The maximum atomic E-state index is 9.09. The Morgan fingerprint density at radius 3 is 2.88 bits per heavy atom. The number of rotatable bonds is 6. The van der Waals surface area contributed by atoms with Gasteiger partial charge in [-0.3, -0.25) is 0 Å². The van der Waals surface area contributed by atoms with Gasteiger partial charge in [-0.1, -0.05) is 17.7 Å². The van der Waals surface area contributed by atoms with Gasteiger partial charge >= 0.3 is 0 Å². The zero-order valence-electron chi connectivity index (χ0n) is 9.34. The van der Waals surface area contributed by atoms with Crippen molar-refractivity contribution in [3.8, 4) is 0 Å².